The van der Waals surface area contributed by atoms with Gasteiger partial charge in [0.15, 0.2) is 0 Å². The predicted molar refractivity (Wildman–Crippen MR) is 23.3 cm³/mol. The van der Waals surface area contributed by atoms with Crippen molar-refractivity contribution in [2.24, 2.45) is 0 Å². The van der Waals surface area contributed by atoms with Crippen LogP contribution >= 0.6 is 0 Å². The second kappa shape index (κ2) is 1.75. The highest BCUT2D eigenvalue weighted by atomic mass is 16.3. The van der Waals surface area contributed by atoms with Gasteiger partial charge in [0.1, 0.15) is 6.20 Å². The van der Waals surface area contributed by atoms with Crippen LogP contribution in [0.25, 0.3) is 0 Å². The lowest BCUT2D eigenvalue weighted by Crippen LogP contribution is -1.73. The standard InChI is InChI=1S/C4H5N2O/c7-3-4-1-5-6-2-4/h1,7H,3H2,(H,5,6). The summed E-state index contributed by atoms with van der Waals surface area (Å²) in [5.74, 6) is 0. The minimum Gasteiger partial charge on any atom is -0.392 e. The maximum atomic E-state index is 8.34. The minimum atomic E-state index is 0.0104. The number of hydrogen-bond acceptors (Lipinski definition) is 2. The van der Waals surface area contributed by atoms with E-state index >= 15 is 0 Å². The molecule has 0 saturated heterocycles. The van der Waals surface area contributed by atoms with E-state index in [0.717, 1.165) is 0 Å². The highest BCUT2D eigenvalue weighted by Crippen LogP contribution is 1.88. The molecular formula is C4H5N2O. The molecule has 0 aliphatic heterocycles. The lowest BCUT2D eigenvalue weighted by molar-refractivity contribution is 0.281. The number of nitrogens with one attached hydrogen (secondary N) is 1. The third kappa shape index (κ3) is 0.778. The van der Waals surface area contributed by atoms with Gasteiger partial charge in [-0.15, -0.1) is 0 Å². The summed E-state index contributed by atoms with van der Waals surface area (Å²) in [6, 6.07) is 0. The third-order valence-corrected chi connectivity index (χ3v) is 0.673. The van der Waals surface area contributed by atoms with Crippen LogP contribution in [0.2, 0.25) is 0 Å². The summed E-state index contributed by atoms with van der Waals surface area (Å²) in [4.78, 5) is 0. The van der Waals surface area contributed by atoms with E-state index < -0.39 is 0 Å². The molecule has 0 aliphatic rings. The molecule has 0 atom stereocenters. The number of H-pyrrole nitrogens is 1. The summed E-state index contributed by atoms with van der Waals surface area (Å²) in [5, 5.41) is 14.3. The molecule has 0 bridgehead atoms. The molecule has 0 fully saturated rings. The Morgan fingerprint density at radius 2 is 2.86 bits per heavy atom. The average Bonchev–Trinajstić information content (AvgIpc) is 2.14. The molecule has 7 heavy (non-hydrogen) atoms. The molecule has 0 aliphatic carbocycles. The lowest BCUT2D eigenvalue weighted by atomic mass is 10.4. The van der Waals surface area contributed by atoms with Crippen LogP contribution in [0.1, 0.15) is 5.56 Å². The second-order valence-corrected chi connectivity index (χ2v) is 1.18. The molecule has 1 aromatic heterocycles. The molecule has 1 heterocycles. The maximum absolute atomic E-state index is 8.34. The highest BCUT2D eigenvalue weighted by Gasteiger charge is 1.85. The zero-order chi connectivity index (χ0) is 5.11. The van der Waals surface area contributed by atoms with Gasteiger partial charge in [0.2, 0.25) is 0 Å². The third-order valence-electron chi connectivity index (χ3n) is 0.673. The fraction of sp³-hybridized carbons (Fsp3) is 0.250. The van der Waals surface area contributed by atoms with Gasteiger partial charge in [-0.1, -0.05) is 0 Å². The lowest BCUT2D eigenvalue weighted by Gasteiger charge is -1.75. The Balaban J connectivity index is 2.76. The van der Waals surface area contributed by atoms with E-state index in [1.54, 1.807) is 6.20 Å². The van der Waals surface area contributed by atoms with Crippen LogP contribution < -0.4 is 0 Å². The summed E-state index contributed by atoms with van der Waals surface area (Å²) >= 11 is 0. The number of hydrogen-bond donors (Lipinski definition) is 2. The Kier molecular flexibility index (Phi) is 1.08. The fourth-order valence-corrected chi connectivity index (χ4v) is 0.328. The van der Waals surface area contributed by atoms with E-state index in [1.807, 2.05) is 0 Å². The smallest absolute Gasteiger partial charge is 0.118 e. The van der Waals surface area contributed by atoms with Crippen LogP contribution in [0, 0.1) is 6.20 Å². The number of rotatable bonds is 1. The van der Waals surface area contributed by atoms with Crippen molar-refractivity contribution >= 4 is 0 Å². The van der Waals surface area contributed by atoms with E-state index in [2.05, 4.69) is 16.4 Å². The van der Waals surface area contributed by atoms with Crippen molar-refractivity contribution in [2.45, 2.75) is 6.61 Å². The average molecular weight is 97.1 g/mol. The molecule has 3 heteroatoms. The van der Waals surface area contributed by atoms with Gasteiger partial charge in [-0.2, -0.15) is 5.10 Å². The maximum Gasteiger partial charge on any atom is 0.118 e. The summed E-state index contributed by atoms with van der Waals surface area (Å²) in [5.41, 5.74) is 0.694. The topological polar surface area (TPSA) is 48.9 Å². The first-order valence-corrected chi connectivity index (χ1v) is 1.94. The molecule has 37 valence electrons. The van der Waals surface area contributed by atoms with Crippen molar-refractivity contribution in [1.29, 1.82) is 0 Å². The van der Waals surface area contributed by atoms with E-state index in [1.165, 1.54) is 0 Å². The minimum absolute atomic E-state index is 0.0104. The Labute approximate surface area is 41.0 Å². The van der Waals surface area contributed by atoms with Gasteiger partial charge in [-0.05, 0) is 0 Å². The molecule has 0 spiro atoms. The molecule has 1 radical (unpaired) electrons. The number of aromatic nitrogens is 2. The van der Waals surface area contributed by atoms with Gasteiger partial charge in [0.25, 0.3) is 0 Å². The van der Waals surface area contributed by atoms with Crippen molar-refractivity contribution in [2.75, 3.05) is 0 Å². The van der Waals surface area contributed by atoms with Crippen LogP contribution in [0.15, 0.2) is 6.20 Å². The van der Waals surface area contributed by atoms with Crippen molar-refractivity contribution in [3.8, 4) is 0 Å². The number of aliphatic hydroxyl groups excluding tert-OH is 1. The molecule has 2 N–H and O–H groups in total. The quantitative estimate of drug-likeness (QED) is 0.505. The second-order valence-electron chi connectivity index (χ2n) is 1.18. The van der Waals surface area contributed by atoms with E-state index in [0.29, 0.717) is 5.56 Å². The molecule has 0 saturated carbocycles. The Hall–Kier alpha value is -0.830. The number of aromatic amines is 1. The number of nitrogens with zero attached hydrogens (tertiary/aromatic N) is 1. The normalized spacial score (nSPS) is 9.29. The van der Waals surface area contributed by atoms with Gasteiger partial charge >= 0.3 is 0 Å². The van der Waals surface area contributed by atoms with Gasteiger partial charge in [-0.3, -0.25) is 5.10 Å². The van der Waals surface area contributed by atoms with Crippen LogP contribution in [0.4, 0.5) is 0 Å². The molecule has 3 nitrogen and oxygen atoms in total. The van der Waals surface area contributed by atoms with Crippen LogP contribution in [0.5, 0.6) is 0 Å². The number of aliphatic hydroxyl groups is 1. The first kappa shape index (κ1) is 4.33. The Bertz CT molecular complexity index is 124. The van der Waals surface area contributed by atoms with Crippen molar-refractivity contribution in [3.05, 3.63) is 18.0 Å². The van der Waals surface area contributed by atoms with E-state index in [-0.39, 0.29) is 6.61 Å². The van der Waals surface area contributed by atoms with Gasteiger partial charge in [0, 0.05) is 11.8 Å². The van der Waals surface area contributed by atoms with Crippen molar-refractivity contribution < 1.29 is 5.11 Å². The van der Waals surface area contributed by atoms with Gasteiger partial charge in [-0.25, -0.2) is 0 Å². The largest absolute Gasteiger partial charge is 0.392 e. The Morgan fingerprint density at radius 1 is 2.00 bits per heavy atom. The molecule has 0 aromatic carbocycles. The molecule has 0 unspecified atom stereocenters. The Morgan fingerprint density at radius 3 is 3.14 bits per heavy atom. The summed E-state index contributed by atoms with van der Waals surface area (Å²) in [7, 11) is 0. The highest BCUT2D eigenvalue weighted by molar-refractivity contribution is 4.97. The molecule has 1 aromatic rings. The van der Waals surface area contributed by atoms with Crippen molar-refractivity contribution in [3.63, 3.8) is 0 Å². The molecule has 0 amide bonds. The summed E-state index contributed by atoms with van der Waals surface area (Å²) < 4.78 is 0. The van der Waals surface area contributed by atoms with Crippen LogP contribution in [0.3, 0.4) is 0 Å². The van der Waals surface area contributed by atoms with Crippen LogP contribution in [-0.2, 0) is 6.61 Å². The van der Waals surface area contributed by atoms with Crippen LogP contribution in [-0.4, -0.2) is 15.3 Å². The predicted octanol–water partition coefficient (Wildman–Crippen LogP) is -0.298. The zero-order valence-corrected chi connectivity index (χ0v) is 3.68. The SMILES string of the molecule is OCc1[c]n[nH]c1. The summed E-state index contributed by atoms with van der Waals surface area (Å²) in [6.07, 6.45) is 4.13. The fourth-order valence-electron chi connectivity index (χ4n) is 0.328. The van der Waals surface area contributed by atoms with Gasteiger partial charge in [0.05, 0.1) is 6.61 Å². The van der Waals surface area contributed by atoms with Crippen molar-refractivity contribution in [1.82, 2.24) is 10.2 Å². The first-order chi connectivity index (χ1) is 3.43. The first-order valence-electron chi connectivity index (χ1n) is 1.94. The molecular weight excluding hydrogens is 92.1 g/mol. The zero-order valence-electron chi connectivity index (χ0n) is 3.68. The van der Waals surface area contributed by atoms with Gasteiger partial charge < -0.3 is 5.11 Å². The molecule has 1 rings (SSSR count). The monoisotopic (exact) mass is 97.0 g/mol. The van der Waals surface area contributed by atoms with E-state index in [9.17, 15) is 0 Å². The van der Waals surface area contributed by atoms with E-state index in [4.69, 9.17) is 5.11 Å². The summed E-state index contributed by atoms with van der Waals surface area (Å²) in [6.45, 7) is 0.0104.